The molecular formula is C10H15N5O2. The summed E-state index contributed by atoms with van der Waals surface area (Å²) >= 11 is 0. The molecular weight excluding hydrogens is 222 g/mol. The Kier molecular flexibility index (Phi) is 3.29. The first kappa shape index (κ1) is 11.5. The van der Waals surface area contributed by atoms with Crippen molar-refractivity contribution in [2.75, 3.05) is 6.54 Å². The van der Waals surface area contributed by atoms with E-state index in [1.807, 2.05) is 12.1 Å². The van der Waals surface area contributed by atoms with Crippen LogP contribution >= 0.6 is 0 Å². The molecule has 7 heteroatoms. The topological polar surface area (TPSA) is 95.9 Å². The number of nitrogens with zero attached hydrogens (tertiary/aromatic N) is 3. The van der Waals surface area contributed by atoms with Crippen LogP contribution in [-0.4, -0.2) is 39.3 Å². The number of aliphatic carboxylic acids is 1. The number of carboxylic acids is 1. The van der Waals surface area contributed by atoms with E-state index in [4.69, 9.17) is 10.8 Å². The highest BCUT2D eigenvalue weighted by Crippen LogP contribution is 2.14. The molecule has 0 radical (unpaired) electrons. The Balaban J connectivity index is 1.98. The van der Waals surface area contributed by atoms with Crippen LogP contribution in [0, 0.1) is 0 Å². The first-order chi connectivity index (χ1) is 8.16. The van der Waals surface area contributed by atoms with Crippen molar-refractivity contribution in [3.8, 4) is 0 Å². The Morgan fingerprint density at radius 2 is 2.18 bits per heavy atom. The molecule has 0 spiro atoms. The molecule has 17 heavy (non-hydrogen) atoms. The van der Waals surface area contributed by atoms with Crippen LogP contribution in [0.5, 0.6) is 0 Å². The van der Waals surface area contributed by atoms with Crippen molar-refractivity contribution in [3.05, 3.63) is 24.5 Å². The van der Waals surface area contributed by atoms with Crippen molar-refractivity contribution in [2.45, 2.75) is 18.9 Å². The predicted octanol–water partition coefficient (Wildman–Crippen LogP) is -0.381. The fraction of sp³-hybridized carbons (Fsp3) is 0.400. The molecule has 0 aliphatic carbocycles. The molecule has 1 aliphatic heterocycles. The highest BCUT2D eigenvalue weighted by Gasteiger charge is 2.30. The largest absolute Gasteiger partial charge is 0.480 e. The monoisotopic (exact) mass is 237 g/mol. The van der Waals surface area contributed by atoms with Crippen LogP contribution < -0.4 is 11.2 Å². The van der Waals surface area contributed by atoms with Crippen molar-refractivity contribution < 1.29 is 9.90 Å². The van der Waals surface area contributed by atoms with E-state index in [1.54, 1.807) is 22.1 Å². The average molecular weight is 237 g/mol. The minimum absolute atomic E-state index is 0.175. The van der Waals surface area contributed by atoms with E-state index in [0.29, 0.717) is 13.0 Å². The molecule has 0 bridgehead atoms. The number of carbonyl (C=O) groups is 1. The number of nitrogens with two attached hydrogens (primary N) is 1. The fourth-order valence-corrected chi connectivity index (χ4v) is 1.84. The lowest BCUT2D eigenvalue weighted by Gasteiger charge is -2.22. The molecule has 0 saturated carbocycles. The number of aromatic nitrogens is 1. The zero-order valence-electron chi connectivity index (χ0n) is 9.28. The van der Waals surface area contributed by atoms with E-state index < -0.39 is 12.0 Å². The van der Waals surface area contributed by atoms with E-state index in [1.165, 1.54) is 0 Å². The van der Waals surface area contributed by atoms with Crippen LogP contribution in [0.15, 0.2) is 29.6 Å². The molecule has 0 aromatic carbocycles. The molecule has 1 fully saturated rings. The zero-order valence-corrected chi connectivity index (χ0v) is 9.28. The van der Waals surface area contributed by atoms with Gasteiger partial charge in [0, 0.05) is 18.9 Å². The summed E-state index contributed by atoms with van der Waals surface area (Å²) < 4.78 is 1.55. The summed E-state index contributed by atoms with van der Waals surface area (Å²) in [7, 11) is 0. The third-order valence-electron chi connectivity index (χ3n) is 2.61. The molecule has 2 rings (SSSR count). The quantitative estimate of drug-likeness (QED) is 0.492. The normalized spacial score (nSPS) is 21.6. The second kappa shape index (κ2) is 4.88. The van der Waals surface area contributed by atoms with Gasteiger partial charge in [0.1, 0.15) is 6.04 Å². The van der Waals surface area contributed by atoms with Crippen molar-refractivity contribution in [1.82, 2.24) is 15.1 Å². The molecule has 1 aromatic rings. The lowest BCUT2D eigenvalue weighted by Crippen LogP contribution is -2.51. The Morgan fingerprint density at radius 1 is 1.47 bits per heavy atom. The van der Waals surface area contributed by atoms with Gasteiger partial charge in [-0.1, -0.05) is 0 Å². The van der Waals surface area contributed by atoms with Crippen molar-refractivity contribution >= 4 is 11.9 Å². The van der Waals surface area contributed by atoms with Crippen LogP contribution in [0.1, 0.15) is 12.8 Å². The van der Waals surface area contributed by atoms with Gasteiger partial charge in [0.05, 0.1) is 0 Å². The van der Waals surface area contributed by atoms with E-state index in [-0.39, 0.29) is 5.96 Å². The molecule has 92 valence electrons. The second-order valence-electron chi connectivity index (χ2n) is 3.85. The van der Waals surface area contributed by atoms with Gasteiger partial charge in [0.25, 0.3) is 0 Å². The summed E-state index contributed by atoms with van der Waals surface area (Å²) in [4.78, 5) is 10.9. The summed E-state index contributed by atoms with van der Waals surface area (Å²) in [5.41, 5.74) is 8.50. The summed E-state index contributed by atoms with van der Waals surface area (Å²) in [5, 5.41) is 14.6. The summed E-state index contributed by atoms with van der Waals surface area (Å²) in [5.74, 6) is -0.668. The van der Waals surface area contributed by atoms with Gasteiger partial charge in [-0.3, -0.25) is 10.2 Å². The number of carboxylic acid groups (broad SMARTS) is 1. The lowest BCUT2D eigenvalue weighted by atomic mass is 10.2. The average Bonchev–Trinajstić information content (AvgIpc) is 2.88. The van der Waals surface area contributed by atoms with Crippen LogP contribution in [0.4, 0.5) is 0 Å². The summed E-state index contributed by atoms with van der Waals surface area (Å²) in [6.07, 6.45) is 4.94. The number of nitrogens with one attached hydrogen (secondary N) is 1. The van der Waals surface area contributed by atoms with E-state index in [0.717, 1.165) is 6.42 Å². The molecule has 1 saturated heterocycles. The smallest absolute Gasteiger partial charge is 0.322 e. The molecule has 7 nitrogen and oxygen atoms in total. The highest BCUT2D eigenvalue weighted by molar-refractivity contribution is 5.79. The van der Waals surface area contributed by atoms with Crippen LogP contribution in [0.25, 0.3) is 0 Å². The van der Waals surface area contributed by atoms with Gasteiger partial charge in [-0.05, 0) is 25.0 Å². The van der Waals surface area contributed by atoms with Gasteiger partial charge in [-0.2, -0.15) is 0 Å². The van der Waals surface area contributed by atoms with Gasteiger partial charge < -0.3 is 10.8 Å². The zero-order chi connectivity index (χ0) is 12.3. The molecule has 4 N–H and O–H groups in total. The van der Waals surface area contributed by atoms with Crippen molar-refractivity contribution in [1.29, 1.82) is 0 Å². The fourth-order valence-electron chi connectivity index (χ4n) is 1.84. The molecule has 1 atom stereocenters. The van der Waals surface area contributed by atoms with Crippen LogP contribution in [-0.2, 0) is 4.79 Å². The van der Waals surface area contributed by atoms with Gasteiger partial charge in [-0.15, -0.1) is 5.10 Å². The van der Waals surface area contributed by atoms with Gasteiger partial charge >= 0.3 is 5.97 Å². The highest BCUT2D eigenvalue weighted by atomic mass is 16.4. The molecule has 0 amide bonds. The standard InChI is InChI=1S/C10H15N5O2/c11-10(12-14-5-1-2-6-14)13-15-7-3-4-8(15)9(16)17/h1-2,5-6,8H,3-4,7H2,(H,16,17)(H3,11,12,13)/t8-/m0/s1. The Morgan fingerprint density at radius 3 is 2.82 bits per heavy atom. The molecule has 0 unspecified atom stereocenters. The van der Waals surface area contributed by atoms with Gasteiger partial charge in [0.2, 0.25) is 5.96 Å². The first-order valence-electron chi connectivity index (χ1n) is 5.40. The maximum atomic E-state index is 10.9. The van der Waals surface area contributed by atoms with Gasteiger partial charge in [-0.25, -0.2) is 9.69 Å². The Bertz CT molecular complexity index is 414. The number of hydrogen-bond donors (Lipinski definition) is 3. The molecule has 2 heterocycles. The maximum Gasteiger partial charge on any atom is 0.322 e. The van der Waals surface area contributed by atoms with Gasteiger partial charge in [0.15, 0.2) is 0 Å². The first-order valence-corrected chi connectivity index (χ1v) is 5.40. The number of rotatable bonds is 3. The van der Waals surface area contributed by atoms with Crippen LogP contribution in [0.2, 0.25) is 0 Å². The predicted molar refractivity (Wildman–Crippen MR) is 62.0 cm³/mol. The molecule has 1 aromatic heterocycles. The number of hydrogen-bond acceptors (Lipinski definition) is 3. The number of guanidine groups is 1. The third-order valence-corrected chi connectivity index (χ3v) is 2.61. The van der Waals surface area contributed by atoms with Crippen molar-refractivity contribution in [3.63, 3.8) is 0 Å². The maximum absolute atomic E-state index is 10.9. The summed E-state index contributed by atoms with van der Waals surface area (Å²) in [6.45, 7) is 0.652. The van der Waals surface area contributed by atoms with E-state index >= 15 is 0 Å². The second-order valence-corrected chi connectivity index (χ2v) is 3.85. The third kappa shape index (κ3) is 2.76. The Labute approximate surface area is 98.5 Å². The molecule has 1 aliphatic rings. The van der Waals surface area contributed by atoms with Crippen molar-refractivity contribution in [2.24, 2.45) is 10.8 Å². The SMILES string of the molecule is NC(=Nn1cccc1)NN1CCC[C@H]1C(=O)O. The minimum atomic E-state index is -0.844. The van der Waals surface area contributed by atoms with Crippen LogP contribution in [0.3, 0.4) is 0 Å². The van der Waals surface area contributed by atoms with E-state index in [9.17, 15) is 4.79 Å². The number of hydrazine groups is 1. The lowest BCUT2D eigenvalue weighted by molar-refractivity contribution is -0.142. The van der Waals surface area contributed by atoms with E-state index in [2.05, 4.69) is 10.5 Å². The minimum Gasteiger partial charge on any atom is -0.480 e. The Hall–Kier alpha value is -2.02. The summed E-state index contributed by atoms with van der Waals surface area (Å²) in [6, 6.07) is 3.12.